The van der Waals surface area contributed by atoms with Gasteiger partial charge in [0.2, 0.25) is 8.38 Å². The monoisotopic (exact) mass is 648 g/mol. The van der Waals surface area contributed by atoms with Crippen molar-refractivity contribution in [3.8, 4) is 0 Å². The maximum Gasteiger partial charge on any atom is 1.00 e. The topological polar surface area (TPSA) is 89.9 Å². The summed E-state index contributed by atoms with van der Waals surface area (Å²) in [4.78, 5) is 33.7. The first-order valence-corrected chi connectivity index (χ1v) is 16.7. The van der Waals surface area contributed by atoms with Crippen molar-refractivity contribution in [1.82, 2.24) is 0 Å². The van der Waals surface area contributed by atoms with Gasteiger partial charge in [0.1, 0.15) is 0 Å². The van der Waals surface area contributed by atoms with Gasteiger partial charge in [0.15, 0.2) is 0 Å². The van der Waals surface area contributed by atoms with Crippen molar-refractivity contribution in [2.45, 2.75) is 41.5 Å². The molecule has 4 aromatic rings. The largest absolute Gasteiger partial charge is 1.00 e. The van der Waals surface area contributed by atoms with Crippen LogP contribution in [0.2, 0.25) is 0 Å². The first kappa shape index (κ1) is 39.7. The Hall–Kier alpha value is -2.35. The van der Waals surface area contributed by atoms with Crippen molar-refractivity contribution in [3.05, 3.63) is 129 Å². The van der Waals surface area contributed by atoms with Crippen molar-refractivity contribution in [1.29, 1.82) is 0 Å². The normalized spacial score (nSPS) is 11.6. The van der Waals surface area contributed by atoms with Crippen molar-refractivity contribution >= 4 is 48.7 Å². The zero-order valence-electron chi connectivity index (χ0n) is 27.8. The van der Waals surface area contributed by atoms with Gasteiger partial charge >= 0.3 is 18.9 Å². The van der Waals surface area contributed by atoms with Gasteiger partial charge < -0.3 is 15.4 Å². The summed E-state index contributed by atoms with van der Waals surface area (Å²) in [5, 5.41) is 0.905. The van der Waals surface area contributed by atoms with E-state index < -0.39 is 21.3 Å². The molecular formula is C34H40ClLiO6P2. The molecule has 1 atom stereocenters. The van der Waals surface area contributed by atoms with E-state index in [1.165, 1.54) is 12.1 Å². The second kappa shape index (κ2) is 18.6. The Morgan fingerprint density at radius 1 is 0.705 bits per heavy atom. The van der Waals surface area contributed by atoms with Crippen molar-refractivity contribution in [2.75, 3.05) is 14.2 Å². The average Bonchev–Trinajstić information content (AvgIpc) is 2.94. The number of hydrogen-bond donors (Lipinski definition) is 1. The van der Waals surface area contributed by atoms with Crippen LogP contribution in [0.3, 0.4) is 0 Å². The van der Waals surface area contributed by atoms with E-state index in [0.29, 0.717) is 11.1 Å². The van der Waals surface area contributed by atoms with Gasteiger partial charge in [-0.25, -0.2) is 0 Å². The number of carbonyl (C=O) groups is 2. The fourth-order valence-corrected chi connectivity index (χ4v) is 7.49. The molecule has 0 aromatic heterocycles. The molecule has 0 bridgehead atoms. The van der Waals surface area contributed by atoms with Gasteiger partial charge in [0.05, 0.1) is 0 Å². The number of aryl methyl sites for hydroxylation is 6. The maximum atomic E-state index is 12.5. The van der Waals surface area contributed by atoms with E-state index in [1.54, 1.807) is 46.3 Å². The molecule has 0 radical (unpaired) electrons. The Kier molecular flexibility index (Phi) is 16.7. The second-order valence-corrected chi connectivity index (χ2v) is 14.2. The molecule has 0 spiro atoms. The fraction of sp³-hybridized carbons (Fsp3) is 0.235. The number of benzene rings is 4. The molecule has 230 valence electrons. The molecule has 6 nitrogen and oxygen atoms in total. The molecule has 1 unspecified atom stereocenters. The summed E-state index contributed by atoms with van der Waals surface area (Å²) in [6.45, 7) is 11.3. The van der Waals surface area contributed by atoms with E-state index in [4.69, 9.17) is 20.6 Å². The maximum absolute atomic E-state index is 12.5. The molecule has 4 rings (SSSR count). The Bertz CT molecular complexity index is 1550. The molecule has 0 amide bonds. The molecule has 0 aliphatic rings. The molecule has 0 saturated carbocycles. The zero-order valence-corrected chi connectivity index (χ0v) is 29.4. The number of hydrogen-bond acceptors (Lipinski definition) is 5. The van der Waals surface area contributed by atoms with Crippen LogP contribution in [-0.2, 0) is 13.6 Å². The van der Waals surface area contributed by atoms with Crippen LogP contribution in [0.5, 0.6) is 0 Å². The summed E-state index contributed by atoms with van der Waals surface area (Å²) >= 11 is 5.43. The Morgan fingerprint density at radius 2 is 1.07 bits per heavy atom. The molecule has 10 heteroatoms. The summed E-state index contributed by atoms with van der Waals surface area (Å²) in [5.41, 5.74) is 5.86. The summed E-state index contributed by atoms with van der Waals surface area (Å²) in [7, 11) is -1.61. The minimum absolute atomic E-state index is 0. The predicted molar refractivity (Wildman–Crippen MR) is 180 cm³/mol. The van der Waals surface area contributed by atoms with E-state index in [0.717, 1.165) is 38.7 Å². The van der Waals surface area contributed by atoms with Crippen molar-refractivity contribution in [3.63, 3.8) is 0 Å². The van der Waals surface area contributed by atoms with Crippen LogP contribution in [0.15, 0.2) is 84.9 Å². The molecule has 0 aliphatic heterocycles. The third-order valence-corrected chi connectivity index (χ3v) is 9.79. The van der Waals surface area contributed by atoms with Gasteiger partial charge in [-0.3, -0.25) is 14.2 Å². The van der Waals surface area contributed by atoms with E-state index in [2.05, 4.69) is 0 Å². The Labute approximate surface area is 281 Å². The third-order valence-electron chi connectivity index (χ3n) is 6.44. The van der Waals surface area contributed by atoms with Gasteiger partial charge in [0, 0.05) is 36.0 Å². The molecule has 0 fully saturated rings. The van der Waals surface area contributed by atoms with Gasteiger partial charge in [0.25, 0.3) is 18.1 Å². The zero-order chi connectivity index (χ0) is 32.3. The van der Waals surface area contributed by atoms with E-state index in [-0.39, 0.29) is 30.8 Å². The number of carbonyl (C=O) groups excluding carboxylic acids is 2. The van der Waals surface area contributed by atoms with Crippen LogP contribution in [0.25, 0.3) is 0 Å². The molecule has 0 aliphatic carbocycles. The summed E-state index contributed by atoms with van der Waals surface area (Å²) in [6, 6.07) is 25.6. The van der Waals surface area contributed by atoms with Crippen molar-refractivity contribution < 1.29 is 48.4 Å². The molecule has 1 N–H and O–H groups in total. The average molecular weight is 649 g/mol. The summed E-state index contributed by atoms with van der Waals surface area (Å²) < 4.78 is 22.8. The predicted octanol–water partition coefficient (Wildman–Crippen LogP) is 5.37. The van der Waals surface area contributed by atoms with E-state index >= 15 is 0 Å². The van der Waals surface area contributed by atoms with Crippen LogP contribution in [0.4, 0.5) is 0 Å². The summed E-state index contributed by atoms with van der Waals surface area (Å²) in [5.74, 6) is 0. The SMILES string of the molecule is COP(OC)c1ccccc1.Cc1cc(C)c(C(=O)Cl)c(C)c1.Cc1cc(C)c(C(=O)P(=O)(O)c2ccccc2)c(C)c1.[H-].[Li+]. The molecule has 44 heavy (non-hydrogen) atoms. The van der Waals surface area contributed by atoms with Crippen LogP contribution < -0.4 is 29.5 Å². The van der Waals surface area contributed by atoms with Gasteiger partial charge in [-0.05, 0) is 99.7 Å². The first-order chi connectivity index (χ1) is 20.2. The van der Waals surface area contributed by atoms with Crippen LogP contribution in [0.1, 0.15) is 55.5 Å². The molecule has 4 aromatic carbocycles. The quantitative estimate of drug-likeness (QED) is 0.165. The molecular weight excluding hydrogens is 609 g/mol. The summed E-state index contributed by atoms with van der Waals surface area (Å²) in [6.07, 6.45) is 0. The second-order valence-electron chi connectivity index (χ2n) is 10.00. The molecule has 0 heterocycles. The smallest absolute Gasteiger partial charge is 1.00 e. The third kappa shape index (κ3) is 10.9. The van der Waals surface area contributed by atoms with Crippen molar-refractivity contribution in [2.24, 2.45) is 0 Å². The minimum Gasteiger partial charge on any atom is -1.00 e. The Morgan fingerprint density at radius 3 is 1.43 bits per heavy atom. The standard InChI is InChI=1S/C16H17O3P.C10H11ClO.C8H11O2P.Li.H/c1-11-9-12(2)15(13(3)10-11)16(17)20(18,19)14-7-5-4-6-8-14;1-6-4-7(2)9(10(11)12)8(3)5-6;1-9-11(10-2)8-6-4-3-5-7-8;;/h4-10H,1-3H3,(H,18,19);4-5H,1-3H3;3-7H,1-2H3;;/q;;;+1;-1. The van der Waals surface area contributed by atoms with Crippen LogP contribution >= 0.6 is 27.3 Å². The first-order valence-electron chi connectivity index (χ1n) is 13.5. The minimum atomic E-state index is -4.07. The van der Waals surface area contributed by atoms with Gasteiger partial charge in [-0.15, -0.1) is 0 Å². The van der Waals surface area contributed by atoms with Gasteiger partial charge in [-0.2, -0.15) is 0 Å². The molecule has 0 saturated heterocycles. The van der Waals surface area contributed by atoms with Crippen LogP contribution in [0, 0.1) is 41.5 Å². The van der Waals surface area contributed by atoms with E-state index in [9.17, 15) is 19.0 Å². The van der Waals surface area contributed by atoms with Crippen LogP contribution in [-0.4, -0.2) is 29.9 Å². The van der Waals surface area contributed by atoms with Gasteiger partial charge in [-0.1, -0.05) is 71.8 Å². The Balaban J connectivity index is 0.000000672. The number of rotatable bonds is 7. The van der Waals surface area contributed by atoms with E-state index in [1.807, 2.05) is 82.3 Å². The number of halogens is 1. The fourth-order valence-electron chi connectivity index (χ4n) is 4.74.